The van der Waals surface area contributed by atoms with E-state index in [-0.39, 0.29) is 12.1 Å². The van der Waals surface area contributed by atoms with Crippen LogP contribution in [-0.4, -0.2) is 57.9 Å². The monoisotopic (exact) mass is 411 g/mol. The van der Waals surface area contributed by atoms with Crippen molar-refractivity contribution in [3.8, 4) is 0 Å². The van der Waals surface area contributed by atoms with Crippen molar-refractivity contribution in [2.24, 2.45) is 5.73 Å². The smallest absolute Gasteiger partial charge is 0.410 e. The molecule has 2 aliphatic rings. The molecule has 1 saturated heterocycles. The van der Waals surface area contributed by atoms with E-state index < -0.39 is 11.5 Å². The maximum atomic E-state index is 12.8. The number of benzene rings is 1. The van der Waals surface area contributed by atoms with Gasteiger partial charge in [-0.1, -0.05) is 0 Å². The molecule has 8 nitrogen and oxygen atoms in total. The van der Waals surface area contributed by atoms with Gasteiger partial charge in [-0.3, -0.25) is 4.79 Å². The largest absolute Gasteiger partial charge is 0.444 e. The third-order valence-electron chi connectivity index (χ3n) is 5.67. The van der Waals surface area contributed by atoms with Gasteiger partial charge >= 0.3 is 6.09 Å². The lowest BCUT2D eigenvalue weighted by Gasteiger charge is -2.40. The Morgan fingerprint density at radius 2 is 1.77 bits per heavy atom. The Hall–Kier alpha value is -2.90. The van der Waals surface area contributed by atoms with Crippen LogP contribution in [0.4, 0.5) is 10.5 Å². The standard InChI is InChI=1S/C22H29N5O3/c1-22(2,3)30-21(29)27(14-4-5-14)15-9-12-26(13-10-15)18-7-6-17(20(23)28)19-16(18)8-11-24-25-19/h6-8,11,14-15H,4-5,9-10,12-13H2,1-3H3,(H2,23,28). The second kappa shape index (κ2) is 7.74. The normalized spacial score (nSPS) is 17.8. The number of piperidine rings is 1. The number of hydrogen-bond donors (Lipinski definition) is 1. The summed E-state index contributed by atoms with van der Waals surface area (Å²) in [6.07, 6.45) is 5.27. The molecule has 1 aromatic heterocycles. The van der Waals surface area contributed by atoms with Gasteiger partial charge in [0.1, 0.15) is 11.1 Å². The molecule has 1 aliphatic carbocycles. The molecule has 8 heteroatoms. The highest BCUT2D eigenvalue weighted by Crippen LogP contribution is 2.35. The van der Waals surface area contributed by atoms with Crippen LogP contribution in [0, 0.1) is 0 Å². The molecule has 2 heterocycles. The number of primary amides is 1. The van der Waals surface area contributed by atoms with E-state index in [0.717, 1.165) is 49.8 Å². The van der Waals surface area contributed by atoms with Crippen LogP contribution in [0.2, 0.25) is 0 Å². The minimum absolute atomic E-state index is 0.180. The molecular weight excluding hydrogens is 382 g/mol. The molecule has 0 spiro atoms. The van der Waals surface area contributed by atoms with Gasteiger partial charge in [-0.25, -0.2) is 4.79 Å². The van der Waals surface area contributed by atoms with Crippen molar-refractivity contribution in [3.63, 3.8) is 0 Å². The van der Waals surface area contributed by atoms with E-state index in [1.54, 1.807) is 12.3 Å². The molecule has 1 aromatic carbocycles. The summed E-state index contributed by atoms with van der Waals surface area (Å²) in [4.78, 5) is 28.8. The van der Waals surface area contributed by atoms with Gasteiger partial charge in [0.15, 0.2) is 0 Å². The molecule has 0 atom stereocenters. The van der Waals surface area contributed by atoms with Crippen molar-refractivity contribution in [2.45, 2.75) is 64.1 Å². The van der Waals surface area contributed by atoms with Crippen LogP contribution in [0.5, 0.6) is 0 Å². The fraction of sp³-hybridized carbons (Fsp3) is 0.545. The number of rotatable bonds is 4. The summed E-state index contributed by atoms with van der Waals surface area (Å²) < 4.78 is 5.67. The lowest BCUT2D eigenvalue weighted by atomic mass is 10.0. The number of anilines is 1. The van der Waals surface area contributed by atoms with Gasteiger partial charge in [0, 0.05) is 36.2 Å². The highest BCUT2D eigenvalue weighted by atomic mass is 16.6. The number of ether oxygens (including phenoxy) is 1. The van der Waals surface area contributed by atoms with Crippen molar-refractivity contribution in [2.75, 3.05) is 18.0 Å². The zero-order valence-electron chi connectivity index (χ0n) is 17.8. The molecule has 1 aliphatic heterocycles. The molecule has 2 fully saturated rings. The number of amides is 2. The van der Waals surface area contributed by atoms with Crippen molar-refractivity contribution in [1.29, 1.82) is 0 Å². The number of fused-ring (bicyclic) bond motifs is 1. The maximum absolute atomic E-state index is 12.8. The third-order valence-corrected chi connectivity index (χ3v) is 5.67. The highest BCUT2D eigenvalue weighted by Gasteiger charge is 2.40. The van der Waals surface area contributed by atoms with Gasteiger partial charge in [0.05, 0.1) is 11.8 Å². The van der Waals surface area contributed by atoms with E-state index in [4.69, 9.17) is 10.5 Å². The van der Waals surface area contributed by atoms with E-state index in [2.05, 4.69) is 15.1 Å². The first-order valence-electron chi connectivity index (χ1n) is 10.5. The van der Waals surface area contributed by atoms with Crippen LogP contribution >= 0.6 is 0 Å². The fourth-order valence-corrected chi connectivity index (χ4v) is 4.19. The highest BCUT2D eigenvalue weighted by molar-refractivity contribution is 6.08. The first-order chi connectivity index (χ1) is 14.2. The Labute approximate surface area is 176 Å². The van der Waals surface area contributed by atoms with Crippen molar-refractivity contribution in [3.05, 3.63) is 30.0 Å². The molecule has 2 aromatic rings. The van der Waals surface area contributed by atoms with Crippen LogP contribution in [0.3, 0.4) is 0 Å². The average molecular weight is 412 g/mol. The summed E-state index contributed by atoms with van der Waals surface area (Å²) in [5.74, 6) is -0.511. The molecule has 0 unspecified atom stereocenters. The number of aromatic nitrogens is 2. The Bertz CT molecular complexity index is 959. The summed E-state index contributed by atoms with van der Waals surface area (Å²) in [6.45, 7) is 7.33. The number of nitrogens with zero attached hydrogens (tertiary/aromatic N) is 4. The van der Waals surface area contributed by atoms with Crippen LogP contribution < -0.4 is 10.6 Å². The van der Waals surface area contributed by atoms with Crippen LogP contribution in [0.15, 0.2) is 24.4 Å². The molecule has 0 radical (unpaired) electrons. The molecular formula is C22H29N5O3. The number of carbonyl (C=O) groups excluding carboxylic acids is 2. The van der Waals surface area contributed by atoms with Crippen molar-refractivity contribution < 1.29 is 14.3 Å². The van der Waals surface area contributed by atoms with E-state index in [0.29, 0.717) is 17.1 Å². The van der Waals surface area contributed by atoms with E-state index in [1.165, 1.54) is 0 Å². The van der Waals surface area contributed by atoms with Gasteiger partial charge in [-0.2, -0.15) is 5.10 Å². The van der Waals surface area contributed by atoms with E-state index in [1.807, 2.05) is 37.8 Å². The second-order valence-electron chi connectivity index (χ2n) is 9.13. The minimum Gasteiger partial charge on any atom is -0.444 e. The molecule has 160 valence electrons. The number of nitrogens with two attached hydrogens (primary N) is 1. The summed E-state index contributed by atoms with van der Waals surface area (Å²) in [6, 6.07) is 6.00. The van der Waals surface area contributed by atoms with Crippen molar-refractivity contribution in [1.82, 2.24) is 15.1 Å². The number of carbonyl (C=O) groups is 2. The molecule has 2 N–H and O–H groups in total. The molecule has 30 heavy (non-hydrogen) atoms. The van der Waals surface area contributed by atoms with Crippen molar-refractivity contribution >= 4 is 28.6 Å². The van der Waals surface area contributed by atoms with Crippen LogP contribution in [0.1, 0.15) is 56.8 Å². The molecule has 4 rings (SSSR count). The Kier molecular flexibility index (Phi) is 5.26. The zero-order chi connectivity index (χ0) is 21.5. The van der Waals surface area contributed by atoms with Gasteiger partial charge in [0.25, 0.3) is 5.91 Å². The maximum Gasteiger partial charge on any atom is 0.410 e. The Morgan fingerprint density at radius 3 is 2.37 bits per heavy atom. The minimum atomic E-state index is -0.511. The first-order valence-corrected chi connectivity index (χ1v) is 10.5. The van der Waals surface area contributed by atoms with Gasteiger partial charge in [-0.05, 0) is 64.7 Å². The van der Waals surface area contributed by atoms with Gasteiger partial charge < -0.3 is 20.3 Å². The van der Waals surface area contributed by atoms with E-state index in [9.17, 15) is 9.59 Å². The molecule has 0 bridgehead atoms. The predicted molar refractivity (Wildman–Crippen MR) is 114 cm³/mol. The quantitative estimate of drug-likeness (QED) is 0.829. The fourth-order valence-electron chi connectivity index (χ4n) is 4.19. The lowest BCUT2D eigenvalue weighted by Crippen LogP contribution is -2.50. The summed E-state index contributed by atoms with van der Waals surface area (Å²) in [7, 11) is 0. The average Bonchev–Trinajstić information content (AvgIpc) is 3.51. The van der Waals surface area contributed by atoms with Crippen LogP contribution in [-0.2, 0) is 4.74 Å². The zero-order valence-corrected chi connectivity index (χ0v) is 17.8. The molecule has 2 amide bonds. The third kappa shape index (κ3) is 4.17. The Balaban J connectivity index is 1.51. The predicted octanol–water partition coefficient (Wildman–Crippen LogP) is 3.10. The molecule has 1 saturated carbocycles. The van der Waals surface area contributed by atoms with Gasteiger partial charge in [-0.15, -0.1) is 5.10 Å². The van der Waals surface area contributed by atoms with Gasteiger partial charge in [0.2, 0.25) is 0 Å². The summed E-state index contributed by atoms with van der Waals surface area (Å²) in [5, 5.41) is 8.93. The topological polar surface area (TPSA) is 102 Å². The summed E-state index contributed by atoms with van der Waals surface area (Å²) in [5.41, 5.74) is 6.92. The SMILES string of the molecule is CC(C)(C)OC(=O)N(C1CC1)C1CCN(c2ccc(C(N)=O)c3nnccc23)CC1. The second-order valence-corrected chi connectivity index (χ2v) is 9.13. The Morgan fingerprint density at radius 1 is 1.10 bits per heavy atom. The lowest BCUT2D eigenvalue weighted by molar-refractivity contribution is 0.0114. The number of hydrogen-bond acceptors (Lipinski definition) is 6. The van der Waals surface area contributed by atoms with E-state index >= 15 is 0 Å². The summed E-state index contributed by atoms with van der Waals surface area (Å²) >= 11 is 0. The first kappa shape index (κ1) is 20.4. The van der Waals surface area contributed by atoms with Crippen LogP contribution in [0.25, 0.3) is 10.9 Å².